The standard InChI is InChI=1S/C19H19BrN2O3S/c1-12-16(18(23)25-11-10-13-6-4-3-5-7-13)17(21-19(24)22(12)2)14-8-9-15(20)26-14/h3-9,17H,10-11H2,1-2H3,(H,21,24)/t17-/m1/s1. The van der Waals surface area contributed by atoms with Crippen molar-refractivity contribution < 1.29 is 14.3 Å². The van der Waals surface area contributed by atoms with Gasteiger partial charge in [0.25, 0.3) is 0 Å². The maximum Gasteiger partial charge on any atom is 0.338 e. The number of hydrogen-bond donors (Lipinski definition) is 1. The second-order valence-corrected chi connectivity index (χ2v) is 8.45. The van der Waals surface area contributed by atoms with Gasteiger partial charge in [-0.15, -0.1) is 11.3 Å². The Kier molecular flexibility index (Phi) is 5.78. The number of thiophene rings is 1. The predicted molar refractivity (Wildman–Crippen MR) is 105 cm³/mol. The van der Waals surface area contributed by atoms with Crippen LogP contribution in [0.5, 0.6) is 0 Å². The number of rotatable bonds is 5. The van der Waals surface area contributed by atoms with Gasteiger partial charge in [0, 0.05) is 24.0 Å². The summed E-state index contributed by atoms with van der Waals surface area (Å²) in [6.07, 6.45) is 0.649. The van der Waals surface area contributed by atoms with Gasteiger partial charge in [0.2, 0.25) is 0 Å². The van der Waals surface area contributed by atoms with E-state index in [-0.39, 0.29) is 12.6 Å². The molecule has 0 bridgehead atoms. The number of nitrogens with one attached hydrogen (secondary N) is 1. The van der Waals surface area contributed by atoms with Crippen molar-refractivity contribution in [1.82, 2.24) is 10.2 Å². The summed E-state index contributed by atoms with van der Waals surface area (Å²) in [5.41, 5.74) is 2.18. The molecule has 0 aliphatic carbocycles. The van der Waals surface area contributed by atoms with E-state index in [4.69, 9.17) is 4.74 Å². The fraction of sp³-hybridized carbons (Fsp3) is 0.263. The molecular weight excluding hydrogens is 416 g/mol. The number of halogens is 1. The molecule has 26 heavy (non-hydrogen) atoms. The predicted octanol–water partition coefficient (Wildman–Crippen LogP) is 4.27. The molecule has 2 aromatic rings. The van der Waals surface area contributed by atoms with Crippen molar-refractivity contribution in [2.45, 2.75) is 19.4 Å². The number of ether oxygens (including phenoxy) is 1. The minimum atomic E-state index is -0.501. The molecule has 5 nitrogen and oxygen atoms in total. The highest BCUT2D eigenvalue weighted by Gasteiger charge is 2.35. The Labute approximate surface area is 164 Å². The van der Waals surface area contributed by atoms with Crippen LogP contribution < -0.4 is 5.32 Å². The van der Waals surface area contributed by atoms with Crippen LogP contribution in [-0.2, 0) is 16.0 Å². The van der Waals surface area contributed by atoms with Crippen LogP contribution in [0.15, 0.2) is 57.5 Å². The summed E-state index contributed by atoms with van der Waals surface area (Å²) in [6, 6.07) is 12.9. The number of amides is 2. The number of esters is 1. The molecule has 0 saturated carbocycles. The third-order valence-corrected chi connectivity index (χ3v) is 6.01. The summed E-state index contributed by atoms with van der Waals surface area (Å²) in [7, 11) is 1.64. The third kappa shape index (κ3) is 3.99. The van der Waals surface area contributed by atoms with Crippen molar-refractivity contribution in [2.75, 3.05) is 13.7 Å². The Hall–Kier alpha value is -2.12. The summed E-state index contributed by atoms with van der Waals surface area (Å²) in [6.45, 7) is 2.06. The van der Waals surface area contributed by atoms with Crippen molar-refractivity contribution in [3.8, 4) is 0 Å². The first-order valence-electron chi connectivity index (χ1n) is 8.18. The molecule has 1 aliphatic rings. The summed E-state index contributed by atoms with van der Waals surface area (Å²) < 4.78 is 6.46. The molecule has 1 aromatic carbocycles. The number of carbonyl (C=O) groups excluding carboxylic acids is 2. The Balaban J connectivity index is 1.78. The van der Waals surface area contributed by atoms with Gasteiger partial charge in [0.05, 0.1) is 22.0 Å². The molecule has 1 atom stereocenters. The quantitative estimate of drug-likeness (QED) is 0.714. The molecule has 2 amide bonds. The van der Waals surface area contributed by atoms with E-state index in [0.29, 0.717) is 17.7 Å². The molecule has 1 N–H and O–H groups in total. The average molecular weight is 435 g/mol. The Morgan fingerprint density at radius 1 is 1.27 bits per heavy atom. The van der Waals surface area contributed by atoms with Crippen LogP contribution in [0, 0.1) is 0 Å². The first kappa shape index (κ1) is 18.7. The SMILES string of the molecule is CC1=C(C(=O)OCCc2ccccc2)[C@@H](c2ccc(Br)s2)NC(=O)N1C. The fourth-order valence-electron chi connectivity index (χ4n) is 2.78. The number of urea groups is 1. The smallest absolute Gasteiger partial charge is 0.338 e. The van der Waals surface area contributed by atoms with Gasteiger partial charge in [-0.2, -0.15) is 0 Å². The van der Waals surface area contributed by atoms with Crippen molar-refractivity contribution in [2.24, 2.45) is 0 Å². The number of hydrogen-bond acceptors (Lipinski definition) is 4. The second-order valence-electron chi connectivity index (χ2n) is 5.95. The van der Waals surface area contributed by atoms with Crippen molar-refractivity contribution in [3.05, 3.63) is 68.0 Å². The molecule has 0 unspecified atom stereocenters. The molecule has 0 saturated heterocycles. The molecule has 0 fully saturated rings. The number of nitrogens with zero attached hydrogens (tertiary/aromatic N) is 1. The van der Waals surface area contributed by atoms with Crippen LogP contribution >= 0.6 is 27.3 Å². The van der Waals surface area contributed by atoms with E-state index in [1.54, 1.807) is 14.0 Å². The Morgan fingerprint density at radius 2 is 2.00 bits per heavy atom. The highest BCUT2D eigenvalue weighted by Crippen LogP contribution is 2.35. The highest BCUT2D eigenvalue weighted by molar-refractivity contribution is 9.11. The molecule has 0 radical (unpaired) electrons. The van der Waals surface area contributed by atoms with Crippen LogP contribution in [0.3, 0.4) is 0 Å². The number of benzene rings is 1. The molecule has 1 aliphatic heterocycles. The fourth-order valence-corrected chi connectivity index (χ4v) is 4.27. The lowest BCUT2D eigenvalue weighted by atomic mass is 10.0. The van der Waals surface area contributed by atoms with Gasteiger partial charge in [-0.3, -0.25) is 0 Å². The van der Waals surface area contributed by atoms with Gasteiger partial charge >= 0.3 is 12.0 Å². The van der Waals surface area contributed by atoms with Gasteiger partial charge in [0.15, 0.2) is 0 Å². The van der Waals surface area contributed by atoms with Crippen LogP contribution in [0.2, 0.25) is 0 Å². The van der Waals surface area contributed by atoms with Crippen molar-refractivity contribution >= 4 is 39.3 Å². The minimum Gasteiger partial charge on any atom is -0.462 e. The van der Waals surface area contributed by atoms with Gasteiger partial charge < -0.3 is 15.0 Å². The summed E-state index contributed by atoms with van der Waals surface area (Å²) in [5, 5.41) is 2.88. The summed E-state index contributed by atoms with van der Waals surface area (Å²) in [5.74, 6) is -0.403. The van der Waals surface area contributed by atoms with E-state index in [9.17, 15) is 9.59 Å². The number of allylic oxidation sites excluding steroid dienone is 1. The Morgan fingerprint density at radius 3 is 2.65 bits per heavy atom. The Bertz CT molecular complexity index is 847. The zero-order valence-electron chi connectivity index (χ0n) is 14.5. The minimum absolute atomic E-state index is 0.238. The van der Waals surface area contributed by atoms with Gasteiger partial charge in [-0.1, -0.05) is 30.3 Å². The van der Waals surface area contributed by atoms with Gasteiger partial charge in [-0.25, -0.2) is 9.59 Å². The third-order valence-electron chi connectivity index (χ3n) is 4.32. The van der Waals surface area contributed by atoms with Crippen LogP contribution in [0.25, 0.3) is 0 Å². The number of carbonyl (C=O) groups is 2. The molecule has 1 aromatic heterocycles. The van der Waals surface area contributed by atoms with Gasteiger partial charge in [-0.05, 0) is 40.5 Å². The second kappa shape index (κ2) is 8.05. The van der Waals surface area contributed by atoms with Crippen LogP contribution in [0.1, 0.15) is 23.4 Å². The molecule has 136 valence electrons. The first-order valence-corrected chi connectivity index (χ1v) is 9.79. The molecule has 2 heterocycles. The van der Waals surface area contributed by atoms with E-state index in [1.165, 1.54) is 16.2 Å². The zero-order chi connectivity index (χ0) is 18.7. The highest BCUT2D eigenvalue weighted by atomic mass is 79.9. The van der Waals surface area contributed by atoms with E-state index in [2.05, 4.69) is 21.2 Å². The summed E-state index contributed by atoms with van der Waals surface area (Å²) >= 11 is 4.91. The van der Waals surface area contributed by atoms with Crippen LogP contribution in [0.4, 0.5) is 4.79 Å². The lowest BCUT2D eigenvalue weighted by Gasteiger charge is -2.32. The lowest BCUT2D eigenvalue weighted by Crippen LogP contribution is -2.46. The van der Waals surface area contributed by atoms with Crippen LogP contribution in [-0.4, -0.2) is 30.6 Å². The van der Waals surface area contributed by atoms with E-state index in [0.717, 1.165) is 14.2 Å². The topological polar surface area (TPSA) is 58.6 Å². The summed E-state index contributed by atoms with van der Waals surface area (Å²) in [4.78, 5) is 27.3. The molecule has 7 heteroatoms. The maximum atomic E-state index is 12.8. The van der Waals surface area contributed by atoms with E-state index >= 15 is 0 Å². The lowest BCUT2D eigenvalue weighted by molar-refractivity contribution is -0.139. The monoisotopic (exact) mass is 434 g/mol. The molecule has 0 spiro atoms. The zero-order valence-corrected chi connectivity index (χ0v) is 16.9. The normalized spacial score (nSPS) is 17.3. The largest absolute Gasteiger partial charge is 0.462 e. The maximum absolute atomic E-state index is 12.8. The van der Waals surface area contributed by atoms with Crippen molar-refractivity contribution in [1.29, 1.82) is 0 Å². The molecule has 3 rings (SSSR count). The average Bonchev–Trinajstić information content (AvgIpc) is 3.06. The van der Waals surface area contributed by atoms with E-state index in [1.807, 2.05) is 42.5 Å². The molecular formula is C19H19BrN2O3S. The van der Waals surface area contributed by atoms with Crippen molar-refractivity contribution in [3.63, 3.8) is 0 Å². The first-order chi connectivity index (χ1) is 12.5. The van der Waals surface area contributed by atoms with Gasteiger partial charge in [0.1, 0.15) is 0 Å². The van der Waals surface area contributed by atoms with E-state index < -0.39 is 12.0 Å².